The van der Waals surface area contributed by atoms with E-state index in [0.717, 1.165) is 23.1 Å². The van der Waals surface area contributed by atoms with Gasteiger partial charge in [-0.1, -0.05) is 24.3 Å². The number of alkyl halides is 3. The van der Waals surface area contributed by atoms with E-state index >= 15 is 0 Å². The van der Waals surface area contributed by atoms with E-state index in [1.54, 1.807) is 17.0 Å². The summed E-state index contributed by atoms with van der Waals surface area (Å²) in [5.41, 5.74) is 3.11. The Morgan fingerprint density at radius 1 is 0.829 bits per heavy atom. The average Bonchev–Trinajstić information content (AvgIpc) is 3.32. The highest BCUT2D eigenvalue weighted by Gasteiger charge is 2.33. The lowest BCUT2D eigenvalue weighted by Crippen LogP contribution is -2.34. The molecule has 9 heteroatoms. The molecule has 35 heavy (non-hydrogen) atoms. The maximum atomic E-state index is 13.3. The summed E-state index contributed by atoms with van der Waals surface area (Å²) in [6, 6.07) is 22.7. The van der Waals surface area contributed by atoms with Gasteiger partial charge in [-0.3, -0.25) is 9.59 Å². The second kappa shape index (κ2) is 8.68. The number of amides is 2. The Kier molecular flexibility index (Phi) is 5.52. The Bertz CT molecular complexity index is 1410. The van der Waals surface area contributed by atoms with E-state index in [1.807, 2.05) is 47.2 Å². The molecule has 1 aromatic heterocycles. The van der Waals surface area contributed by atoms with Crippen LogP contribution in [0.3, 0.4) is 0 Å². The molecule has 1 N–H and O–H groups in total. The molecule has 2 heterocycles. The van der Waals surface area contributed by atoms with Crippen LogP contribution in [0.5, 0.6) is 5.75 Å². The van der Waals surface area contributed by atoms with E-state index in [1.165, 1.54) is 30.3 Å². The Morgan fingerprint density at radius 3 is 2.26 bits per heavy atom. The highest BCUT2D eigenvalue weighted by molar-refractivity contribution is 6.09. The molecule has 0 saturated heterocycles. The summed E-state index contributed by atoms with van der Waals surface area (Å²) in [7, 11) is 0. The van der Waals surface area contributed by atoms with Crippen LogP contribution >= 0.6 is 0 Å². The van der Waals surface area contributed by atoms with E-state index in [2.05, 4.69) is 10.1 Å². The van der Waals surface area contributed by atoms with E-state index in [4.69, 9.17) is 0 Å². The first-order valence-electron chi connectivity index (χ1n) is 10.6. The van der Waals surface area contributed by atoms with E-state index in [0.29, 0.717) is 17.8 Å². The minimum atomic E-state index is -4.92. The van der Waals surface area contributed by atoms with Gasteiger partial charge in [0, 0.05) is 23.1 Å². The molecule has 4 aromatic rings. The molecule has 5 rings (SSSR count). The number of carbonyl (C=O) groups is 2. The molecule has 6 nitrogen and oxygen atoms in total. The first-order chi connectivity index (χ1) is 16.8. The summed E-state index contributed by atoms with van der Waals surface area (Å²) < 4.78 is 43.9. The van der Waals surface area contributed by atoms with Crippen molar-refractivity contribution in [1.82, 2.24) is 4.57 Å². The van der Waals surface area contributed by atoms with E-state index in [-0.39, 0.29) is 11.5 Å². The third kappa shape index (κ3) is 4.48. The van der Waals surface area contributed by atoms with Crippen LogP contribution in [0.15, 0.2) is 91.1 Å². The highest BCUT2D eigenvalue weighted by Crippen LogP contribution is 2.33. The fourth-order valence-electron chi connectivity index (χ4n) is 4.02. The number of carbonyl (C=O) groups excluding carboxylic acids is 2. The predicted octanol–water partition coefficient (Wildman–Crippen LogP) is 5.79. The minimum Gasteiger partial charge on any atom is -0.405 e. The lowest BCUT2D eigenvalue weighted by Gasteiger charge is -2.31. The van der Waals surface area contributed by atoms with Crippen LogP contribution in [0.4, 0.5) is 24.5 Å². The smallest absolute Gasteiger partial charge is 0.405 e. The SMILES string of the molecule is O=C(Nc1ccc(C(=O)N2Cc3cccn3-c3ccccc32)cc1)c1ccccc1OC(F)(F)F. The number of anilines is 2. The molecule has 1 aliphatic rings. The van der Waals surface area contributed by atoms with Gasteiger partial charge in [0.05, 0.1) is 23.5 Å². The molecule has 0 bridgehead atoms. The Morgan fingerprint density at radius 2 is 1.51 bits per heavy atom. The molecule has 3 aromatic carbocycles. The standard InChI is InChI=1S/C26H18F3N3O3/c27-26(28,29)35-23-10-4-1-7-20(23)24(33)30-18-13-11-17(12-14-18)25(34)32-16-19-6-5-15-31(19)21-8-2-3-9-22(21)32/h1-15H,16H2,(H,30,33). The van der Waals surface area contributed by atoms with Crippen LogP contribution in [-0.4, -0.2) is 22.7 Å². The number of nitrogens with one attached hydrogen (secondary N) is 1. The van der Waals surface area contributed by atoms with Crippen LogP contribution in [0, 0.1) is 0 Å². The van der Waals surface area contributed by atoms with Gasteiger partial charge < -0.3 is 19.5 Å². The molecule has 0 saturated carbocycles. The zero-order valence-corrected chi connectivity index (χ0v) is 18.1. The molecule has 0 spiro atoms. The van der Waals surface area contributed by atoms with Crippen LogP contribution in [0.1, 0.15) is 26.4 Å². The van der Waals surface area contributed by atoms with Crippen molar-refractivity contribution in [3.8, 4) is 11.4 Å². The number of halogens is 3. The maximum Gasteiger partial charge on any atom is 0.573 e. The second-order valence-electron chi connectivity index (χ2n) is 7.82. The molecule has 0 atom stereocenters. The molecule has 1 aliphatic heterocycles. The van der Waals surface area contributed by atoms with Gasteiger partial charge in [-0.15, -0.1) is 13.2 Å². The molecule has 0 aliphatic carbocycles. The van der Waals surface area contributed by atoms with Crippen LogP contribution in [-0.2, 0) is 6.54 Å². The fourth-order valence-corrected chi connectivity index (χ4v) is 4.02. The third-order valence-corrected chi connectivity index (χ3v) is 5.58. The highest BCUT2D eigenvalue weighted by atomic mass is 19.4. The summed E-state index contributed by atoms with van der Waals surface area (Å²) in [5, 5.41) is 2.54. The zero-order valence-electron chi connectivity index (χ0n) is 18.1. The fraction of sp³-hybridized carbons (Fsp3) is 0.0769. The van der Waals surface area contributed by atoms with Gasteiger partial charge in [0.15, 0.2) is 0 Å². The lowest BCUT2D eigenvalue weighted by atomic mass is 10.1. The molecular formula is C26H18F3N3O3. The average molecular weight is 477 g/mol. The van der Waals surface area contributed by atoms with Gasteiger partial charge in [0.2, 0.25) is 0 Å². The van der Waals surface area contributed by atoms with Crippen molar-refractivity contribution in [2.45, 2.75) is 12.9 Å². The molecule has 0 radical (unpaired) electrons. The monoisotopic (exact) mass is 477 g/mol. The van der Waals surface area contributed by atoms with Crippen molar-refractivity contribution in [3.63, 3.8) is 0 Å². The Balaban J connectivity index is 1.34. The number of rotatable bonds is 4. The number of nitrogens with zero attached hydrogens (tertiary/aromatic N) is 2. The topological polar surface area (TPSA) is 63.6 Å². The molecule has 0 fully saturated rings. The summed E-state index contributed by atoms with van der Waals surface area (Å²) in [4.78, 5) is 27.6. The number of para-hydroxylation sites is 3. The van der Waals surface area contributed by atoms with Gasteiger partial charge in [0.25, 0.3) is 11.8 Å². The van der Waals surface area contributed by atoms with Gasteiger partial charge >= 0.3 is 6.36 Å². The van der Waals surface area contributed by atoms with Crippen molar-refractivity contribution in [2.24, 2.45) is 0 Å². The van der Waals surface area contributed by atoms with Crippen molar-refractivity contribution in [3.05, 3.63) is 108 Å². The quantitative estimate of drug-likeness (QED) is 0.405. The van der Waals surface area contributed by atoms with Crippen LogP contribution in [0.25, 0.3) is 5.69 Å². The summed E-state index contributed by atoms with van der Waals surface area (Å²) in [5.74, 6) is -1.58. The normalized spacial score (nSPS) is 12.5. The Labute approximate surface area is 198 Å². The van der Waals surface area contributed by atoms with Crippen molar-refractivity contribution < 1.29 is 27.5 Å². The number of fused-ring (bicyclic) bond motifs is 3. The second-order valence-corrected chi connectivity index (χ2v) is 7.82. The van der Waals surface area contributed by atoms with E-state index < -0.39 is 18.0 Å². The zero-order chi connectivity index (χ0) is 24.6. The summed E-state index contributed by atoms with van der Waals surface area (Å²) >= 11 is 0. The number of ether oxygens (including phenoxy) is 1. The molecule has 176 valence electrons. The first kappa shape index (κ1) is 22.3. The van der Waals surface area contributed by atoms with Crippen LogP contribution < -0.4 is 15.0 Å². The van der Waals surface area contributed by atoms with Gasteiger partial charge in [-0.05, 0) is 60.7 Å². The van der Waals surface area contributed by atoms with Crippen LogP contribution in [0.2, 0.25) is 0 Å². The van der Waals surface area contributed by atoms with Gasteiger partial charge in [0.1, 0.15) is 5.75 Å². The van der Waals surface area contributed by atoms with Gasteiger partial charge in [-0.25, -0.2) is 0 Å². The largest absolute Gasteiger partial charge is 0.573 e. The van der Waals surface area contributed by atoms with Gasteiger partial charge in [-0.2, -0.15) is 0 Å². The van der Waals surface area contributed by atoms with Crippen molar-refractivity contribution >= 4 is 23.2 Å². The van der Waals surface area contributed by atoms with E-state index in [9.17, 15) is 22.8 Å². The predicted molar refractivity (Wildman–Crippen MR) is 124 cm³/mol. The summed E-state index contributed by atoms with van der Waals surface area (Å²) in [6.45, 7) is 0.400. The molecule has 0 unspecified atom stereocenters. The lowest BCUT2D eigenvalue weighted by molar-refractivity contribution is -0.274. The van der Waals surface area contributed by atoms with Crippen molar-refractivity contribution in [1.29, 1.82) is 0 Å². The number of hydrogen-bond acceptors (Lipinski definition) is 3. The maximum absolute atomic E-state index is 13.3. The third-order valence-electron chi connectivity index (χ3n) is 5.58. The molecular weight excluding hydrogens is 459 g/mol. The number of benzene rings is 3. The molecule has 2 amide bonds. The Hall–Kier alpha value is -4.53. The number of aromatic nitrogens is 1. The number of hydrogen-bond donors (Lipinski definition) is 1. The summed E-state index contributed by atoms with van der Waals surface area (Å²) in [6.07, 6.45) is -2.97. The minimum absolute atomic E-state index is 0.216. The first-order valence-corrected chi connectivity index (χ1v) is 10.6. The van der Waals surface area contributed by atoms with Crippen molar-refractivity contribution in [2.75, 3.05) is 10.2 Å².